The molecule has 2 aromatic heterocycles. The summed E-state index contributed by atoms with van der Waals surface area (Å²) in [7, 11) is 6.11. The third-order valence-electron chi connectivity index (χ3n) is 6.72. The van der Waals surface area contributed by atoms with Gasteiger partial charge < -0.3 is 33.8 Å². The number of fused-ring (bicyclic) bond motifs is 1. The SMILES string of the molecule is COc1cc(CNC(=O)c2ccc(Oc3ccc(F)cc3F)c(-c3cn(C)c(=O)c4[nH]ccc34)c2)cc(OC)c1OC. The van der Waals surface area contributed by atoms with Gasteiger partial charge in [0.2, 0.25) is 5.75 Å². The predicted octanol–water partition coefficient (Wildman–Crippen LogP) is 5.56. The van der Waals surface area contributed by atoms with Gasteiger partial charge in [0, 0.05) is 54.1 Å². The number of ether oxygens (including phenoxy) is 4. The zero-order valence-corrected chi connectivity index (χ0v) is 23.2. The number of carbonyl (C=O) groups excluding carboxylic acids is 1. The Balaban J connectivity index is 1.53. The first kappa shape index (κ1) is 28.2. The van der Waals surface area contributed by atoms with Crippen molar-refractivity contribution < 1.29 is 32.5 Å². The number of H-pyrrole nitrogens is 1. The van der Waals surface area contributed by atoms with Gasteiger partial charge in [0.25, 0.3) is 11.5 Å². The van der Waals surface area contributed by atoms with Crippen molar-refractivity contribution in [3.63, 3.8) is 0 Å². The molecule has 3 aromatic carbocycles. The zero-order valence-electron chi connectivity index (χ0n) is 23.2. The number of pyridine rings is 1. The fourth-order valence-electron chi connectivity index (χ4n) is 4.65. The molecule has 0 unspecified atom stereocenters. The topological polar surface area (TPSA) is 104 Å². The molecule has 0 aliphatic rings. The van der Waals surface area contributed by atoms with Crippen molar-refractivity contribution in [3.8, 4) is 39.9 Å². The molecule has 0 spiro atoms. The summed E-state index contributed by atoms with van der Waals surface area (Å²) in [4.78, 5) is 28.9. The number of methoxy groups -OCH3 is 3. The molecule has 0 saturated carbocycles. The standard InChI is InChI=1S/C31H27F2N3O6/c1-36-16-22(20-9-10-34-28(20)31(36)38)21-13-18(5-7-24(21)42-25-8-6-19(32)14-23(25)33)30(37)35-15-17-11-26(39-2)29(41-4)27(12-17)40-3/h5-14,16,34H,15H2,1-4H3,(H,35,37). The summed E-state index contributed by atoms with van der Waals surface area (Å²) in [6, 6.07) is 12.8. The summed E-state index contributed by atoms with van der Waals surface area (Å²) in [5.41, 5.74) is 2.07. The molecule has 2 N–H and O–H groups in total. The van der Waals surface area contributed by atoms with Crippen molar-refractivity contribution in [3.05, 3.63) is 100 Å². The van der Waals surface area contributed by atoms with Crippen molar-refractivity contribution in [1.82, 2.24) is 14.9 Å². The zero-order chi connectivity index (χ0) is 30.0. The normalized spacial score (nSPS) is 10.9. The lowest BCUT2D eigenvalue weighted by Gasteiger charge is -2.16. The molecule has 5 rings (SSSR count). The minimum absolute atomic E-state index is 0.145. The summed E-state index contributed by atoms with van der Waals surface area (Å²) in [6.45, 7) is 0.145. The molecule has 0 bridgehead atoms. The van der Waals surface area contributed by atoms with E-state index in [4.69, 9.17) is 18.9 Å². The molecule has 0 radical (unpaired) electrons. The number of rotatable bonds is 9. The molecule has 2 heterocycles. The van der Waals surface area contributed by atoms with Gasteiger partial charge in [-0.2, -0.15) is 0 Å². The fraction of sp³-hybridized carbons (Fsp3) is 0.161. The molecule has 0 aliphatic carbocycles. The molecule has 0 saturated heterocycles. The number of aryl methyl sites for hydroxylation is 1. The van der Waals surface area contributed by atoms with Gasteiger partial charge >= 0.3 is 0 Å². The number of amides is 1. The van der Waals surface area contributed by atoms with Gasteiger partial charge in [-0.3, -0.25) is 9.59 Å². The molecule has 5 aromatic rings. The van der Waals surface area contributed by atoms with Gasteiger partial charge in [-0.15, -0.1) is 0 Å². The highest BCUT2D eigenvalue weighted by atomic mass is 19.1. The smallest absolute Gasteiger partial charge is 0.274 e. The molecule has 9 nitrogen and oxygen atoms in total. The third-order valence-corrected chi connectivity index (χ3v) is 6.72. The second-order valence-corrected chi connectivity index (χ2v) is 9.33. The second kappa shape index (κ2) is 11.7. The minimum Gasteiger partial charge on any atom is -0.493 e. The molecule has 0 atom stereocenters. The van der Waals surface area contributed by atoms with Crippen LogP contribution in [-0.2, 0) is 13.6 Å². The van der Waals surface area contributed by atoms with Crippen LogP contribution in [0.1, 0.15) is 15.9 Å². The van der Waals surface area contributed by atoms with E-state index in [2.05, 4.69) is 10.3 Å². The van der Waals surface area contributed by atoms with Crippen LogP contribution >= 0.6 is 0 Å². The second-order valence-electron chi connectivity index (χ2n) is 9.33. The highest BCUT2D eigenvalue weighted by molar-refractivity contribution is 6.00. The molecule has 216 valence electrons. The van der Waals surface area contributed by atoms with Crippen LogP contribution in [0.15, 0.2) is 71.8 Å². The Morgan fingerprint density at radius 2 is 1.60 bits per heavy atom. The van der Waals surface area contributed by atoms with Gasteiger partial charge in [0.05, 0.1) is 21.3 Å². The molecular formula is C31H27F2N3O6. The minimum atomic E-state index is -0.889. The first-order valence-corrected chi connectivity index (χ1v) is 12.7. The number of aromatic nitrogens is 2. The molecule has 1 amide bonds. The van der Waals surface area contributed by atoms with Crippen molar-refractivity contribution in [2.24, 2.45) is 7.05 Å². The highest BCUT2D eigenvalue weighted by Crippen LogP contribution is 2.39. The van der Waals surface area contributed by atoms with Crippen LogP contribution in [0.25, 0.3) is 22.0 Å². The number of benzene rings is 3. The Labute approximate surface area is 239 Å². The third kappa shape index (κ3) is 5.36. The first-order chi connectivity index (χ1) is 20.2. The molecule has 0 aliphatic heterocycles. The van der Waals surface area contributed by atoms with Crippen molar-refractivity contribution >= 4 is 16.8 Å². The van der Waals surface area contributed by atoms with Crippen LogP contribution in [0, 0.1) is 11.6 Å². The van der Waals surface area contributed by atoms with Gasteiger partial charge in [-0.1, -0.05) is 0 Å². The van der Waals surface area contributed by atoms with E-state index in [1.165, 1.54) is 44.1 Å². The van der Waals surface area contributed by atoms with E-state index in [0.29, 0.717) is 44.8 Å². The van der Waals surface area contributed by atoms with Crippen LogP contribution in [0.5, 0.6) is 28.7 Å². The summed E-state index contributed by atoms with van der Waals surface area (Å²) in [5, 5.41) is 3.46. The van der Waals surface area contributed by atoms with E-state index < -0.39 is 17.5 Å². The molecule has 11 heteroatoms. The van der Waals surface area contributed by atoms with Crippen LogP contribution in [0.3, 0.4) is 0 Å². The first-order valence-electron chi connectivity index (χ1n) is 12.7. The average Bonchev–Trinajstić information content (AvgIpc) is 3.49. The number of carbonyl (C=O) groups is 1. The Hall–Kier alpha value is -5.32. The number of nitrogens with one attached hydrogen (secondary N) is 2. The lowest BCUT2D eigenvalue weighted by Crippen LogP contribution is -2.23. The maximum Gasteiger partial charge on any atom is 0.274 e. The Kier molecular flexibility index (Phi) is 7.83. The van der Waals surface area contributed by atoms with Crippen LogP contribution in [0.2, 0.25) is 0 Å². The van der Waals surface area contributed by atoms with Gasteiger partial charge in [-0.05, 0) is 54.1 Å². The van der Waals surface area contributed by atoms with E-state index in [1.54, 1.807) is 43.7 Å². The van der Waals surface area contributed by atoms with Crippen LogP contribution in [-0.4, -0.2) is 36.8 Å². The van der Waals surface area contributed by atoms with E-state index in [0.717, 1.165) is 12.1 Å². The highest BCUT2D eigenvalue weighted by Gasteiger charge is 2.19. The van der Waals surface area contributed by atoms with Gasteiger partial charge in [0.1, 0.15) is 17.1 Å². The van der Waals surface area contributed by atoms with E-state index >= 15 is 0 Å². The van der Waals surface area contributed by atoms with Crippen molar-refractivity contribution in [1.29, 1.82) is 0 Å². The maximum absolute atomic E-state index is 14.5. The molecular weight excluding hydrogens is 548 g/mol. The lowest BCUT2D eigenvalue weighted by molar-refractivity contribution is 0.0951. The van der Waals surface area contributed by atoms with Gasteiger partial charge in [0.15, 0.2) is 23.1 Å². The number of nitrogens with zero attached hydrogens (tertiary/aromatic N) is 1. The fourth-order valence-corrected chi connectivity index (χ4v) is 4.65. The van der Waals surface area contributed by atoms with E-state index in [1.807, 2.05) is 0 Å². The molecule has 42 heavy (non-hydrogen) atoms. The van der Waals surface area contributed by atoms with E-state index in [-0.39, 0.29) is 29.2 Å². The predicted molar refractivity (Wildman–Crippen MR) is 153 cm³/mol. The summed E-state index contributed by atoms with van der Waals surface area (Å²) in [5.74, 6) is -0.714. The number of aromatic amines is 1. The van der Waals surface area contributed by atoms with Crippen LogP contribution < -0.4 is 29.8 Å². The van der Waals surface area contributed by atoms with E-state index in [9.17, 15) is 18.4 Å². The van der Waals surface area contributed by atoms with Gasteiger partial charge in [-0.25, -0.2) is 8.78 Å². The average molecular weight is 576 g/mol. The Morgan fingerprint density at radius 1 is 0.881 bits per heavy atom. The van der Waals surface area contributed by atoms with Crippen molar-refractivity contribution in [2.45, 2.75) is 6.54 Å². The quantitative estimate of drug-likeness (QED) is 0.239. The largest absolute Gasteiger partial charge is 0.493 e. The Morgan fingerprint density at radius 3 is 2.26 bits per heavy atom. The molecule has 0 fully saturated rings. The lowest BCUT2D eigenvalue weighted by atomic mass is 10.00. The number of hydrogen-bond acceptors (Lipinski definition) is 6. The number of halogens is 2. The summed E-state index contributed by atoms with van der Waals surface area (Å²) < 4.78 is 51.4. The monoisotopic (exact) mass is 575 g/mol. The van der Waals surface area contributed by atoms with Crippen molar-refractivity contribution in [2.75, 3.05) is 21.3 Å². The Bertz CT molecular complexity index is 1840. The van der Waals surface area contributed by atoms with Crippen LogP contribution in [0.4, 0.5) is 8.78 Å². The maximum atomic E-state index is 14.5. The summed E-state index contributed by atoms with van der Waals surface area (Å²) in [6.07, 6.45) is 3.24. The number of hydrogen-bond donors (Lipinski definition) is 2. The summed E-state index contributed by atoms with van der Waals surface area (Å²) >= 11 is 0.